The summed E-state index contributed by atoms with van der Waals surface area (Å²) in [5.41, 5.74) is 4.69. The van der Waals surface area contributed by atoms with Crippen molar-refractivity contribution in [2.45, 2.75) is 45.6 Å². The van der Waals surface area contributed by atoms with Crippen LogP contribution in [0.4, 0.5) is 0 Å². The molecule has 3 heteroatoms. The third-order valence-corrected chi connectivity index (χ3v) is 7.10. The van der Waals surface area contributed by atoms with E-state index >= 15 is 0 Å². The Morgan fingerprint density at radius 2 is 1.86 bits per heavy atom. The van der Waals surface area contributed by atoms with Crippen LogP contribution >= 0.6 is 0 Å². The smallest absolute Gasteiger partial charge is 0.252 e. The number of hydrogen-bond donors (Lipinski definition) is 1. The second-order valence-corrected chi connectivity index (χ2v) is 9.04. The fraction of sp³-hybridized carbons (Fsp3) is 0.385. The van der Waals surface area contributed by atoms with Crippen LogP contribution < -0.4 is 5.32 Å². The Kier molecular flexibility index (Phi) is 4.61. The number of para-hydroxylation sites is 1. The third-order valence-electron chi connectivity index (χ3n) is 7.10. The number of carbonyl (C=O) groups excluding carboxylic acids is 1. The average molecular weight is 385 g/mol. The molecule has 1 heterocycles. The molecule has 3 aromatic rings. The number of pyridine rings is 1. The molecule has 0 spiro atoms. The first kappa shape index (κ1) is 18.4. The monoisotopic (exact) mass is 384 g/mol. The minimum Gasteiger partial charge on any atom is -0.349 e. The highest BCUT2D eigenvalue weighted by Gasteiger charge is 2.42. The van der Waals surface area contributed by atoms with Crippen molar-refractivity contribution in [3.8, 4) is 11.3 Å². The average Bonchev–Trinajstić information content (AvgIpc) is 3.37. The van der Waals surface area contributed by atoms with Crippen molar-refractivity contribution in [3.05, 3.63) is 65.7 Å². The van der Waals surface area contributed by atoms with E-state index in [9.17, 15) is 4.79 Å². The molecule has 2 fully saturated rings. The Balaban J connectivity index is 1.47. The summed E-state index contributed by atoms with van der Waals surface area (Å²) in [6.45, 7) is 4.26. The molecule has 2 saturated carbocycles. The highest BCUT2D eigenvalue weighted by molar-refractivity contribution is 6.07. The van der Waals surface area contributed by atoms with Crippen LogP contribution in [0.15, 0.2) is 54.6 Å². The van der Waals surface area contributed by atoms with Gasteiger partial charge in [-0.1, -0.05) is 54.4 Å². The number of nitrogens with zero attached hydrogens (tertiary/aromatic N) is 1. The van der Waals surface area contributed by atoms with Gasteiger partial charge in [0.05, 0.1) is 16.8 Å². The minimum atomic E-state index is 0.0206. The standard InChI is InChI=1S/C26H28N2O/c1-16-7-10-19(11-8-16)25-15-23(21-5-3-4-6-24(21)28-25)26(29)27-17(2)22-14-18-9-12-20(22)13-18/h3-8,10-11,15,17-18,20,22H,9,12-14H2,1-2H3,(H,27,29)/t17-,18-,20-,22+/m1/s1. The molecule has 2 aliphatic carbocycles. The summed E-state index contributed by atoms with van der Waals surface area (Å²) in [5, 5.41) is 4.25. The lowest BCUT2D eigenvalue weighted by molar-refractivity contribution is 0.0917. The van der Waals surface area contributed by atoms with Crippen molar-refractivity contribution in [1.82, 2.24) is 10.3 Å². The largest absolute Gasteiger partial charge is 0.349 e. The first-order valence-electron chi connectivity index (χ1n) is 10.9. The second kappa shape index (κ2) is 7.29. The molecule has 0 radical (unpaired) electrons. The Hall–Kier alpha value is -2.68. The van der Waals surface area contributed by atoms with E-state index in [-0.39, 0.29) is 11.9 Å². The molecular weight excluding hydrogens is 356 g/mol. The Morgan fingerprint density at radius 3 is 2.59 bits per heavy atom. The number of aromatic nitrogens is 1. The zero-order valence-corrected chi connectivity index (χ0v) is 17.2. The predicted octanol–water partition coefficient (Wildman–Crippen LogP) is 5.76. The molecule has 1 N–H and O–H groups in total. The lowest BCUT2D eigenvalue weighted by atomic mass is 9.84. The lowest BCUT2D eigenvalue weighted by Crippen LogP contribution is -2.40. The molecule has 1 amide bonds. The summed E-state index contributed by atoms with van der Waals surface area (Å²) in [4.78, 5) is 18.2. The van der Waals surface area contributed by atoms with Crippen LogP contribution in [-0.4, -0.2) is 16.9 Å². The van der Waals surface area contributed by atoms with Gasteiger partial charge in [-0.3, -0.25) is 4.79 Å². The van der Waals surface area contributed by atoms with Crippen molar-refractivity contribution in [2.24, 2.45) is 17.8 Å². The zero-order valence-electron chi connectivity index (χ0n) is 17.2. The van der Waals surface area contributed by atoms with Crippen LogP contribution in [0.2, 0.25) is 0 Å². The topological polar surface area (TPSA) is 42.0 Å². The molecule has 0 aliphatic heterocycles. The van der Waals surface area contributed by atoms with E-state index in [2.05, 4.69) is 43.4 Å². The zero-order chi connectivity index (χ0) is 20.0. The number of nitrogens with one attached hydrogen (secondary N) is 1. The first-order valence-corrected chi connectivity index (χ1v) is 10.9. The molecular formula is C26H28N2O. The fourth-order valence-corrected chi connectivity index (χ4v) is 5.53. The van der Waals surface area contributed by atoms with Crippen LogP contribution in [0, 0.1) is 24.7 Å². The van der Waals surface area contributed by atoms with Crippen LogP contribution in [0.5, 0.6) is 0 Å². The molecule has 2 aliphatic rings. The van der Waals surface area contributed by atoms with Gasteiger partial charge in [-0.2, -0.15) is 0 Å². The quantitative estimate of drug-likeness (QED) is 0.621. The number of hydrogen-bond acceptors (Lipinski definition) is 2. The summed E-state index contributed by atoms with van der Waals surface area (Å²) in [6, 6.07) is 18.4. The summed E-state index contributed by atoms with van der Waals surface area (Å²) in [5.74, 6) is 2.33. The Morgan fingerprint density at radius 1 is 1.07 bits per heavy atom. The number of aryl methyl sites for hydroxylation is 1. The second-order valence-electron chi connectivity index (χ2n) is 9.04. The van der Waals surface area contributed by atoms with Crippen molar-refractivity contribution in [2.75, 3.05) is 0 Å². The summed E-state index contributed by atoms with van der Waals surface area (Å²) in [7, 11) is 0. The van der Waals surface area contributed by atoms with Gasteiger partial charge in [0.2, 0.25) is 0 Å². The van der Waals surface area contributed by atoms with Crippen molar-refractivity contribution in [3.63, 3.8) is 0 Å². The number of fused-ring (bicyclic) bond motifs is 3. The number of benzene rings is 2. The van der Waals surface area contributed by atoms with Crippen LogP contribution in [0.3, 0.4) is 0 Å². The maximum atomic E-state index is 13.3. The molecule has 3 nitrogen and oxygen atoms in total. The van der Waals surface area contributed by atoms with Gasteiger partial charge < -0.3 is 5.32 Å². The van der Waals surface area contributed by atoms with Gasteiger partial charge in [0.15, 0.2) is 0 Å². The van der Waals surface area contributed by atoms with Gasteiger partial charge in [-0.05, 0) is 63.0 Å². The fourth-order valence-electron chi connectivity index (χ4n) is 5.53. The van der Waals surface area contributed by atoms with E-state index in [1.807, 2.05) is 30.3 Å². The molecule has 5 rings (SSSR count). The summed E-state index contributed by atoms with van der Waals surface area (Å²) < 4.78 is 0. The van der Waals surface area contributed by atoms with Crippen LogP contribution in [0.25, 0.3) is 22.2 Å². The normalized spacial score (nSPS) is 24.0. The summed E-state index contributed by atoms with van der Waals surface area (Å²) in [6.07, 6.45) is 5.36. The van der Waals surface area contributed by atoms with E-state index in [4.69, 9.17) is 4.98 Å². The van der Waals surface area contributed by atoms with Gasteiger partial charge in [-0.15, -0.1) is 0 Å². The summed E-state index contributed by atoms with van der Waals surface area (Å²) >= 11 is 0. The lowest BCUT2D eigenvalue weighted by Gasteiger charge is -2.28. The molecule has 148 valence electrons. The highest BCUT2D eigenvalue weighted by Crippen LogP contribution is 2.49. The molecule has 0 saturated heterocycles. The van der Waals surface area contributed by atoms with Crippen LogP contribution in [0.1, 0.15) is 48.5 Å². The van der Waals surface area contributed by atoms with Gasteiger partial charge in [0.25, 0.3) is 5.91 Å². The predicted molar refractivity (Wildman–Crippen MR) is 118 cm³/mol. The van der Waals surface area contributed by atoms with Gasteiger partial charge in [0, 0.05) is 17.0 Å². The Bertz CT molecular complexity index is 1060. The van der Waals surface area contributed by atoms with E-state index in [1.54, 1.807) is 0 Å². The van der Waals surface area contributed by atoms with Crippen molar-refractivity contribution < 1.29 is 4.79 Å². The van der Waals surface area contributed by atoms with Crippen molar-refractivity contribution in [1.29, 1.82) is 0 Å². The molecule has 29 heavy (non-hydrogen) atoms. The van der Waals surface area contributed by atoms with Gasteiger partial charge in [-0.25, -0.2) is 4.98 Å². The third kappa shape index (κ3) is 3.43. The van der Waals surface area contributed by atoms with E-state index in [1.165, 1.54) is 31.2 Å². The minimum absolute atomic E-state index is 0.0206. The maximum absolute atomic E-state index is 13.3. The highest BCUT2D eigenvalue weighted by atomic mass is 16.1. The molecule has 4 atom stereocenters. The maximum Gasteiger partial charge on any atom is 0.252 e. The number of rotatable bonds is 4. The van der Waals surface area contributed by atoms with Crippen LogP contribution in [-0.2, 0) is 0 Å². The molecule has 0 unspecified atom stereocenters. The number of carbonyl (C=O) groups is 1. The van der Waals surface area contributed by atoms with Gasteiger partial charge in [0.1, 0.15) is 0 Å². The van der Waals surface area contributed by atoms with Crippen molar-refractivity contribution >= 4 is 16.8 Å². The van der Waals surface area contributed by atoms with E-state index in [0.29, 0.717) is 5.92 Å². The van der Waals surface area contributed by atoms with E-state index in [0.717, 1.165) is 39.6 Å². The SMILES string of the molecule is Cc1ccc(-c2cc(C(=O)N[C@H](C)[C@@H]3C[C@@H]4CC[C@@H]3C4)c3ccccc3n2)cc1. The molecule has 2 aromatic carbocycles. The van der Waals surface area contributed by atoms with E-state index < -0.39 is 0 Å². The first-order chi connectivity index (χ1) is 14.1. The van der Waals surface area contributed by atoms with Gasteiger partial charge >= 0.3 is 0 Å². The Labute approximate surface area is 172 Å². The number of amides is 1. The molecule has 1 aromatic heterocycles. The molecule has 2 bridgehead atoms.